The predicted octanol–water partition coefficient (Wildman–Crippen LogP) is 3.84. The van der Waals surface area contributed by atoms with Gasteiger partial charge in [-0.15, -0.1) is 0 Å². The third-order valence-corrected chi connectivity index (χ3v) is 6.18. The molecular formula is C25H38N2O6. The van der Waals surface area contributed by atoms with Gasteiger partial charge in [0.25, 0.3) is 0 Å². The van der Waals surface area contributed by atoms with Crippen molar-refractivity contribution in [1.82, 2.24) is 10.6 Å². The second-order valence-electron chi connectivity index (χ2n) is 9.98. The molecule has 3 rings (SSSR count). The molecule has 8 heteroatoms. The molecule has 0 aromatic heterocycles. The number of hydrogen-bond donors (Lipinski definition) is 3. The minimum absolute atomic E-state index is 0.0109. The first-order chi connectivity index (χ1) is 15.7. The molecule has 1 saturated heterocycles. The number of carbonyl (C=O) groups excluding carboxylic acids is 1. The Labute approximate surface area is 196 Å². The van der Waals surface area contributed by atoms with Gasteiger partial charge in [-0.1, -0.05) is 18.2 Å². The number of alkyl carbamates (subject to hydrolysis) is 1. The normalized spacial score (nSPS) is 25.8. The van der Waals surface area contributed by atoms with E-state index in [1.807, 2.05) is 45.0 Å². The zero-order valence-corrected chi connectivity index (χ0v) is 20.0. The maximum absolute atomic E-state index is 12.2. The SMILES string of the molecule is CC(C)(C)OC(=O)N[C@H]1CCCN[C@H]1COC1CCC(c2ccccc2OCC(=O)O)CC1. The Balaban J connectivity index is 1.47. The summed E-state index contributed by atoms with van der Waals surface area (Å²) in [7, 11) is 0. The Bertz CT molecular complexity index is 785. The number of carboxylic acids is 1. The summed E-state index contributed by atoms with van der Waals surface area (Å²) < 4.78 is 17.2. The van der Waals surface area contributed by atoms with E-state index < -0.39 is 11.6 Å². The average molecular weight is 463 g/mol. The van der Waals surface area contributed by atoms with Crippen molar-refractivity contribution in [3.63, 3.8) is 0 Å². The number of ether oxygens (including phenoxy) is 3. The molecule has 1 amide bonds. The monoisotopic (exact) mass is 462 g/mol. The van der Waals surface area contributed by atoms with Crippen LogP contribution in [0.25, 0.3) is 0 Å². The van der Waals surface area contributed by atoms with Gasteiger partial charge in [-0.3, -0.25) is 0 Å². The zero-order valence-electron chi connectivity index (χ0n) is 20.0. The van der Waals surface area contributed by atoms with E-state index in [2.05, 4.69) is 10.6 Å². The number of rotatable bonds is 8. The van der Waals surface area contributed by atoms with Crippen molar-refractivity contribution in [1.29, 1.82) is 0 Å². The molecule has 1 aromatic rings. The third-order valence-electron chi connectivity index (χ3n) is 6.18. The van der Waals surface area contributed by atoms with Gasteiger partial charge in [0.1, 0.15) is 11.4 Å². The molecule has 1 aliphatic heterocycles. The maximum atomic E-state index is 12.2. The van der Waals surface area contributed by atoms with Gasteiger partial charge in [0.15, 0.2) is 6.61 Å². The first kappa shape index (κ1) is 25.3. The molecule has 2 aliphatic rings. The number of amides is 1. The fourth-order valence-electron chi connectivity index (χ4n) is 4.63. The van der Waals surface area contributed by atoms with Crippen LogP contribution in [0.1, 0.15) is 70.8 Å². The number of aliphatic carboxylic acids is 1. The fourth-order valence-corrected chi connectivity index (χ4v) is 4.63. The Morgan fingerprint density at radius 2 is 1.85 bits per heavy atom. The minimum Gasteiger partial charge on any atom is -0.482 e. The van der Waals surface area contributed by atoms with Crippen LogP contribution in [-0.4, -0.2) is 60.7 Å². The summed E-state index contributed by atoms with van der Waals surface area (Å²) in [6, 6.07) is 7.76. The molecule has 2 fully saturated rings. The van der Waals surface area contributed by atoms with Crippen LogP contribution in [0.3, 0.4) is 0 Å². The smallest absolute Gasteiger partial charge is 0.407 e. The molecule has 33 heavy (non-hydrogen) atoms. The second-order valence-corrected chi connectivity index (χ2v) is 9.98. The summed E-state index contributed by atoms with van der Waals surface area (Å²) in [6.45, 7) is 6.72. The van der Waals surface area contributed by atoms with Gasteiger partial charge in [0.2, 0.25) is 0 Å². The van der Waals surface area contributed by atoms with Crippen LogP contribution in [0.5, 0.6) is 5.75 Å². The van der Waals surface area contributed by atoms with Crippen LogP contribution >= 0.6 is 0 Å². The molecule has 0 unspecified atom stereocenters. The summed E-state index contributed by atoms with van der Waals surface area (Å²) in [5.41, 5.74) is 0.557. The van der Waals surface area contributed by atoms with E-state index in [0.29, 0.717) is 18.3 Å². The van der Waals surface area contributed by atoms with Crippen LogP contribution in [0, 0.1) is 0 Å². The molecule has 8 nitrogen and oxygen atoms in total. The lowest BCUT2D eigenvalue weighted by Crippen LogP contribution is -2.56. The summed E-state index contributed by atoms with van der Waals surface area (Å²) >= 11 is 0. The van der Waals surface area contributed by atoms with Crippen LogP contribution in [0.15, 0.2) is 24.3 Å². The lowest BCUT2D eigenvalue weighted by molar-refractivity contribution is -0.139. The fraction of sp³-hybridized carbons (Fsp3) is 0.680. The van der Waals surface area contributed by atoms with E-state index in [0.717, 1.165) is 50.6 Å². The molecule has 1 saturated carbocycles. The Hall–Kier alpha value is -2.32. The molecule has 0 radical (unpaired) electrons. The van der Waals surface area contributed by atoms with Crippen molar-refractivity contribution in [3.05, 3.63) is 29.8 Å². The summed E-state index contributed by atoms with van der Waals surface area (Å²) in [4.78, 5) is 23.1. The minimum atomic E-state index is -0.974. The number of nitrogens with one attached hydrogen (secondary N) is 2. The standard InChI is InChI=1S/C25H38N2O6/c1-25(2,3)33-24(30)27-20-8-6-14-26-21(20)15-31-18-12-10-17(11-13-18)19-7-4-5-9-22(19)32-16-23(28)29/h4-5,7,9,17-18,20-21,26H,6,8,10-16H2,1-3H3,(H,27,30)(H,28,29)/t17?,18?,20-,21-/m0/s1. The van der Waals surface area contributed by atoms with Gasteiger partial charge in [-0.25, -0.2) is 9.59 Å². The third kappa shape index (κ3) is 8.19. The highest BCUT2D eigenvalue weighted by molar-refractivity contribution is 5.68. The van der Waals surface area contributed by atoms with Crippen molar-refractivity contribution in [2.24, 2.45) is 0 Å². The Morgan fingerprint density at radius 3 is 2.55 bits per heavy atom. The van der Waals surface area contributed by atoms with E-state index in [9.17, 15) is 9.59 Å². The lowest BCUT2D eigenvalue weighted by atomic mass is 9.82. The molecular weight excluding hydrogens is 424 g/mol. The number of benzene rings is 1. The molecule has 184 valence electrons. The molecule has 2 atom stereocenters. The highest BCUT2D eigenvalue weighted by Crippen LogP contribution is 2.38. The van der Waals surface area contributed by atoms with Gasteiger partial charge in [-0.2, -0.15) is 0 Å². The van der Waals surface area contributed by atoms with Gasteiger partial charge in [0, 0.05) is 6.04 Å². The first-order valence-electron chi connectivity index (χ1n) is 12.0. The first-order valence-corrected chi connectivity index (χ1v) is 12.0. The van der Waals surface area contributed by atoms with E-state index in [4.69, 9.17) is 19.3 Å². The van der Waals surface area contributed by atoms with Crippen molar-refractivity contribution in [3.8, 4) is 5.75 Å². The van der Waals surface area contributed by atoms with E-state index in [1.165, 1.54) is 0 Å². The maximum Gasteiger partial charge on any atom is 0.407 e. The average Bonchev–Trinajstić information content (AvgIpc) is 2.76. The Kier molecular flexibility index (Phi) is 8.97. The van der Waals surface area contributed by atoms with E-state index in [-0.39, 0.29) is 30.9 Å². The number of carboxylic acid groups (broad SMARTS) is 1. The van der Waals surface area contributed by atoms with Crippen LogP contribution in [0.4, 0.5) is 4.79 Å². The quantitative estimate of drug-likeness (QED) is 0.539. The van der Waals surface area contributed by atoms with Crippen molar-refractivity contribution < 1.29 is 28.9 Å². The summed E-state index contributed by atoms with van der Waals surface area (Å²) in [5, 5.41) is 15.4. The molecule has 1 heterocycles. The molecule has 3 N–H and O–H groups in total. The topological polar surface area (TPSA) is 106 Å². The van der Waals surface area contributed by atoms with Crippen molar-refractivity contribution in [2.75, 3.05) is 19.8 Å². The van der Waals surface area contributed by atoms with E-state index in [1.54, 1.807) is 0 Å². The largest absolute Gasteiger partial charge is 0.482 e. The van der Waals surface area contributed by atoms with Gasteiger partial charge < -0.3 is 30.0 Å². The second kappa shape index (κ2) is 11.7. The predicted molar refractivity (Wildman–Crippen MR) is 125 cm³/mol. The number of hydrogen-bond acceptors (Lipinski definition) is 6. The van der Waals surface area contributed by atoms with Crippen LogP contribution < -0.4 is 15.4 Å². The van der Waals surface area contributed by atoms with Crippen molar-refractivity contribution >= 4 is 12.1 Å². The molecule has 1 aliphatic carbocycles. The van der Waals surface area contributed by atoms with Crippen molar-refractivity contribution in [2.45, 2.75) is 89.0 Å². The summed E-state index contributed by atoms with van der Waals surface area (Å²) in [5.74, 6) is 0.0219. The van der Waals surface area contributed by atoms with Crippen LogP contribution in [0.2, 0.25) is 0 Å². The summed E-state index contributed by atoms with van der Waals surface area (Å²) in [6.07, 6.45) is 5.52. The lowest BCUT2D eigenvalue weighted by Gasteiger charge is -2.35. The van der Waals surface area contributed by atoms with Gasteiger partial charge in [-0.05, 0) is 83.4 Å². The zero-order chi connectivity index (χ0) is 23.8. The Morgan fingerprint density at radius 1 is 1.12 bits per heavy atom. The number of carbonyl (C=O) groups is 2. The van der Waals surface area contributed by atoms with Crippen LogP contribution in [-0.2, 0) is 14.3 Å². The number of para-hydroxylation sites is 1. The highest BCUT2D eigenvalue weighted by atomic mass is 16.6. The van der Waals surface area contributed by atoms with Gasteiger partial charge in [0.05, 0.1) is 18.8 Å². The molecule has 0 bridgehead atoms. The highest BCUT2D eigenvalue weighted by Gasteiger charge is 2.30. The molecule has 0 spiro atoms. The van der Waals surface area contributed by atoms with Gasteiger partial charge >= 0.3 is 12.1 Å². The number of piperidine rings is 1. The van der Waals surface area contributed by atoms with E-state index >= 15 is 0 Å². The molecule has 1 aromatic carbocycles.